The first-order chi connectivity index (χ1) is 18.9. The van der Waals surface area contributed by atoms with Gasteiger partial charge in [-0.2, -0.15) is 13.2 Å². The predicted octanol–water partition coefficient (Wildman–Crippen LogP) is 5.65. The largest absolute Gasteiger partial charge is 0.445 e. The van der Waals surface area contributed by atoms with E-state index in [1.807, 2.05) is 30.3 Å². The first-order valence-corrected chi connectivity index (χ1v) is 14.2. The summed E-state index contributed by atoms with van der Waals surface area (Å²) in [6.07, 6.45) is -4.73. The summed E-state index contributed by atoms with van der Waals surface area (Å²) < 4.78 is 72.8. The Morgan fingerprint density at radius 1 is 0.975 bits per heavy atom. The summed E-state index contributed by atoms with van der Waals surface area (Å²) >= 11 is 0. The van der Waals surface area contributed by atoms with Gasteiger partial charge in [0.05, 0.1) is 10.5 Å². The van der Waals surface area contributed by atoms with Crippen molar-refractivity contribution in [2.75, 3.05) is 13.1 Å². The van der Waals surface area contributed by atoms with Gasteiger partial charge >= 0.3 is 12.3 Å². The minimum absolute atomic E-state index is 0.107. The number of nitrogens with one attached hydrogen (secondary N) is 1. The van der Waals surface area contributed by atoms with Crippen LogP contribution in [0.2, 0.25) is 0 Å². The first kappa shape index (κ1) is 29.1. The zero-order valence-corrected chi connectivity index (χ0v) is 22.5. The van der Waals surface area contributed by atoms with Gasteiger partial charge in [-0.25, -0.2) is 13.2 Å². The van der Waals surface area contributed by atoms with Gasteiger partial charge < -0.3 is 15.0 Å². The van der Waals surface area contributed by atoms with Crippen molar-refractivity contribution in [3.05, 3.63) is 101 Å². The fourth-order valence-electron chi connectivity index (χ4n) is 4.46. The minimum atomic E-state index is -4.69. The molecule has 2 amide bonds. The van der Waals surface area contributed by atoms with Crippen molar-refractivity contribution in [2.24, 2.45) is 5.92 Å². The number of sulfone groups is 1. The number of aryl methyl sites for hydroxylation is 1. The van der Waals surface area contributed by atoms with Gasteiger partial charge in [-0.1, -0.05) is 60.2 Å². The molecule has 0 aromatic heterocycles. The van der Waals surface area contributed by atoms with E-state index in [0.29, 0.717) is 0 Å². The number of piperidine rings is 1. The summed E-state index contributed by atoms with van der Waals surface area (Å²) in [6.45, 7) is 2.30. The van der Waals surface area contributed by atoms with Crippen LogP contribution in [0.1, 0.15) is 40.5 Å². The van der Waals surface area contributed by atoms with Crippen molar-refractivity contribution in [3.8, 4) is 0 Å². The van der Waals surface area contributed by atoms with Gasteiger partial charge in [-0.05, 0) is 55.2 Å². The number of ether oxygens (including phenoxy) is 1. The van der Waals surface area contributed by atoms with E-state index >= 15 is 0 Å². The molecule has 1 unspecified atom stereocenters. The van der Waals surface area contributed by atoms with Gasteiger partial charge in [0.1, 0.15) is 6.61 Å². The van der Waals surface area contributed by atoms with E-state index in [2.05, 4.69) is 5.32 Å². The minimum Gasteiger partial charge on any atom is -0.445 e. The Labute approximate surface area is 230 Å². The second-order valence-electron chi connectivity index (χ2n) is 9.67. The molecule has 1 aliphatic rings. The molecular weight excluding hydrogens is 545 g/mol. The zero-order chi connectivity index (χ0) is 28.9. The fraction of sp³-hybridized carbons (Fsp3) is 0.310. The number of benzene rings is 3. The van der Waals surface area contributed by atoms with Gasteiger partial charge in [0.15, 0.2) is 5.37 Å². The lowest BCUT2D eigenvalue weighted by molar-refractivity contribution is -0.137. The van der Waals surface area contributed by atoms with Crippen molar-refractivity contribution in [1.29, 1.82) is 0 Å². The van der Waals surface area contributed by atoms with E-state index < -0.39 is 44.9 Å². The SMILES string of the molecule is Cc1ccc(S(=O)(=O)C(NC(=O)C2CCN(C(=O)OCc3ccccc3)CC2)c2cccc(C(F)(F)F)c2)cc1. The Morgan fingerprint density at radius 3 is 2.25 bits per heavy atom. The third-order valence-electron chi connectivity index (χ3n) is 6.78. The molecular formula is C29H29F3N2O5S. The normalized spacial score (nSPS) is 15.3. The lowest BCUT2D eigenvalue weighted by atomic mass is 9.96. The van der Waals surface area contributed by atoms with E-state index in [9.17, 15) is 31.2 Å². The number of carbonyl (C=O) groups excluding carboxylic acids is 2. The highest BCUT2D eigenvalue weighted by molar-refractivity contribution is 7.91. The highest BCUT2D eigenvalue weighted by Gasteiger charge is 2.37. The first-order valence-electron chi connectivity index (χ1n) is 12.7. The number of amides is 2. The molecule has 1 heterocycles. The Balaban J connectivity index is 1.48. The summed E-state index contributed by atoms with van der Waals surface area (Å²) in [5.74, 6) is -1.25. The number of likely N-dealkylation sites (tertiary alicyclic amines) is 1. The quantitative estimate of drug-likeness (QED) is 0.394. The van der Waals surface area contributed by atoms with Gasteiger partial charge in [0.2, 0.25) is 15.7 Å². The molecule has 11 heteroatoms. The fourth-order valence-corrected chi connectivity index (χ4v) is 6.03. The Kier molecular flexibility index (Phi) is 8.82. The molecule has 0 bridgehead atoms. The average Bonchev–Trinajstić information content (AvgIpc) is 2.95. The molecule has 1 atom stereocenters. The second kappa shape index (κ2) is 12.1. The zero-order valence-electron chi connectivity index (χ0n) is 21.7. The Hall–Kier alpha value is -3.86. The molecule has 0 radical (unpaired) electrons. The molecule has 4 rings (SSSR count). The second-order valence-corrected chi connectivity index (χ2v) is 11.7. The summed E-state index contributed by atoms with van der Waals surface area (Å²) in [6, 6.07) is 19.0. The van der Waals surface area contributed by atoms with Crippen molar-refractivity contribution < 1.29 is 35.9 Å². The molecule has 7 nitrogen and oxygen atoms in total. The number of hydrogen-bond acceptors (Lipinski definition) is 5. The van der Waals surface area contributed by atoms with Crippen LogP contribution in [0.15, 0.2) is 83.8 Å². The third-order valence-corrected chi connectivity index (χ3v) is 8.72. The van der Waals surface area contributed by atoms with Crippen LogP contribution in [0.3, 0.4) is 0 Å². The molecule has 1 aliphatic heterocycles. The van der Waals surface area contributed by atoms with Crippen molar-refractivity contribution in [3.63, 3.8) is 0 Å². The standard InChI is InChI=1S/C29H29F3N2O5S/c1-20-10-12-25(13-11-20)40(37,38)27(23-8-5-9-24(18-23)29(30,31)32)33-26(35)22-14-16-34(17-15-22)28(36)39-19-21-6-3-2-4-7-21/h2-13,18,22,27H,14-17,19H2,1H3,(H,33,35). The van der Waals surface area contributed by atoms with Crippen LogP contribution in [0.5, 0.6) is 0 Å². The van der Waals surface area contributed by atoms with E-state index in [4.69, 9.17) is 4.74 Å². The van der Waals surface area contributed by atoms with Crippen LogP contribution in [-0.2, 0) is 32.2 Å². The van der Waals surface area contributed by atoms with E-state index in [1.54, 1.807) is 19.1 Å². The number of carbonyl (C=O) groups is 2. The maximum atomic E-state index is 13.6. The van der Waals surface area contributed by atoms with Crippen LogP contribution in [0.4, 0.5) is 18.0 Å². The number of hydrogen-bond donors (Lipinski definition) is 1. The number of halogens is 3. The molecule has 0 spiro atoms. The monoisotopic (exact) mass is 574 g/mol. The average molecular weight is 575 g/mol. The highest BCUT2D eigenvalue weighted by Crippen LogP contribution is 2.34. The maximum absolute atomic E-state index is 13.6. The third kappa shape index (κ3) is 7.01. The lowest BCUT2D eigenvalue weighted by Gasteiger charge is -2.31. The van der Waals surface area contributed by atoms with Crippen LogP contribution in [0, 0.1) is 12.8 Å². The molecule has 40 heavy (non-hydrogen) atoms. The molecule has 212 valence electrons. The molecule has 3 aromatic rings. The Morgan fingerprint density at radius 2 is 1.62 bits per heavy atom. The van der Waals surface area contributed by atoms with Crippen LogP contribution >= 0.6 is 0 Å². The van der Waals surface area contributed by atoms with Gasteiger partial charge in [-0.3, -0.25) is 4.79 Å². The van der Waals surface area contributed by atoms with Gasteiger partial charge in [0.25, 0.3) is 0 Å². The highest BCUT2D eigenvalue weighted by atomic mass is 32.2. The topological polar surface area (TPSA) is 92.8 Å². The van der Waals surface area contributed by atoms with E-state index in [0.717, 1.165) is 29.3 Å². The molecule has 1 N–H and O–H groups in total. The van der Waals surface area contributed by atoms with Crippen molar-refractivity contribution in [2.45, 2.75) is 42.8 Å². The van der Waals surface area contributed by atoms with Gasteiger partial charge in [-0.15, -0.1) is 0 Å². The summed E-state index contributed by atoms with van der Waals surface area (Å²) in [5.41, 5.74) is 0.407. The lowest BCUT2D eigenvalue weighted by Crippen LogP contribution is -2.44. The maximum Gasteiger partial charge on any atom is 0.416 e. The predicted molar refractivity (Wildman–Crippen MR) is 142 cm³/mol. The van der Waals surface area contributed by atoms with Crippen LogP contribution in [-0.4, -0.2) is 38.4 Å². The Bertz CT molecular complexity index is 1440. The molecule has 0 saturated carbocycles. The molecule has 1 fully saturated rings. The van der Waals surface area contributed by atoms with Crippen LogP contribution < -0.4 is 5.32 Å². The van der Waals surface area contributed by atoms with E-state index in [-0.39, 0.29) is 43.0 Å². The van der Waals surface area contributed by atoms with E-state index in [1.165, 1.54) is 23.1 Å². The smallest absolute Gasteiger partial charge is 0.416 e. The van der Waals surface area contributed by atoms with Crippen LogP contribution in [0.25, 0.3) is 0 Å². The summed E-state index contributed by atoms with van der Waals surface area (Å²) in [7, 11) is -4.31. The number of rotatable bonds is 7. The van der Waals surface area contributed by atoms with Gasteiger partial charge in [0, 0.05) is 19.0 Å². The molecule has 0 aliphatic carbocycles. The number of alkyl halides is 3. The molecule has 1 saturated heterocycles. The molecule has 3 aromatic carbocycles. The summed E-state index contributed by atoms with van der Waals surface area (Å²) in [4.78, 5) is 27.1. The van der Waals surface area contributed by atoms with Crippen molar-refractivity contribution in [1.82, 2.24) is 10.2 Å². The summed E-state index contributed by atoms with van der Waals surface area (Å²) in [5, 5.41) is 0.760. The number of nitrogens with zero attached hydrogens (tertiary/aromatic N) is 1. The van der Waals surface area contributed by atoms with Crippen molar-refractivity contribution >= 4 is 21.8 Å².